The first-order valence-corrected chi connectivity index (χ1v) is 17.5. The number of hydrogen-bond donors (Lipinski definition) is 1. The third-order valence-electron chi connectivity index (χ3n) is 10.4. The number of carbonyl (C=O) groups is 2. The SMILES string of the molecule is CC[C@@H]1CC(N(Cc2cc(C(F)(F)F)cc(C(F)(F)F)c2)c2ncc(N3CCCCC3)cn2)C[C@H](CC)N1C(=O)OC1CCC(C(=O)O)CC1. The maximum Gasteiger partial charge on any atom is 0.416 e. The smallest absolute Gasteiger partial charge is 0.416 e. The van der Waals surface area contributed by atoms with Gasteiger partial charge in [-0.25, -0.2) is 14.8 Å². The van der Waals surface area contributed by atoms with Gasteiger partial charge in [0.05, 0.1) is 35.1 Å². The molecular weight excluding hydrogens is 668 g/mol. The molecule has 3 aliphatic rings. The number of nitrogens with zero attached hydrogens (tertiary/aromatic N) is 5. The number of likely N-dealkylation sites (tertiary alicyclic amines) is 1. The topological polar surface area (TPSA) is 99.1 Å². The van der Waals surface area contributed by atoms with Crippen LogP contribution in [-0.4, -0.2) is 69.4 Å². The van der Waals surface area contributed by atoms with Crippen LogP contribution in [0.4, 0.5) is 42.8 Å². The van der Waals surface area contributed by atoms with Gasteiger partial charge in [0.25, 0.3) is 0 Å². The average Bonchev–Trinajstić information content (AvgIpc) is 3.09. The molecule has 2 aliphatic heterocycles. The summed E-state index contributed by atoms with van der Waals surface area (Å²) in [5, 5.41) is 9.33. The van der Waals surface area contributed by atoms with Crippen molar-refractivity contribution in [3.8, 4) is 0 Å². The van der Waals surface area contributed by atoms with E-state index in [-0.39, 0.29) is 36.2 Å². The Morgan fingerprint density at radius 3 is 1.88 bits per heavy atom. The summed E-state index contributed by atoms with van der Waals surface area (Å²) in [4.78, 5) is 39.8. The number of carboxylic acids is 1. The molecule has 1 unspecified atom stereocenters. The normalized spacial score (nSPS) is 24.9. The van der Waals surface area contributed by atoms with Gasteiger partial charge in [-0.15, -0.1) is 0 Å². The van der Waals surface area contributed by atoms with Crippen molar-refractivity contribution in [1.82, 2.24) is 14.9 Å². The van der Waals surface area contributed by atoms with E-state index in [2.05, 4.69) is 14.9 Å². The molecule has 1 N–H and O–H groups in total. The van der Waals surface area contributed by atoms with Crippen LogP contribution in [0.1, 0.15) is 101 Å². The number of ether oxygens (including phenoxy) is 1. The van der Waals surface area contributed by atoms with Crippen molar-refractivity contribution in [3.05, 3.63) is 47.3 Å². The van der Waals surface area contributed by atoms with E-state index in [1.807, 2.05) is 13.8 Å². The summed E-state index contributed by atoms with van der Waals surface area (Å²) >= 11 is 0. The van der Waals surface area contributed by atoms with E-state index < -0.39 is 53.6 Å². The van der Waals surface area contributed by atoms with E-state index in [1.165, 1.54) is 0 Å². The van der Waals surface area contributed by atoms with Crippen molar-refractivity contribution in [3.63, 3.8) is 0 Å². The van der Waals surface area contributed by atoms with Crippen LogP contribution < -0.4 is 9.80 Å². The number of aromatic nitrogens is 2. The lowest BCUT2D eigenvalue weighted by atomic mass is 9.87. The van der Waals surface area contributed by atoms with E-state index >= 15 is 0 Å². The molecule has 3 heterocycles. The zero-order valence-electron chi connectivity index (χ0n) is 28.3. The average molecular weight is 714 g/mol. The van der Waals surface area contributed by atoms with E-state index in [9.17, 15) is 41.0 Å². The Balaban J connectivity index is 1.44. The molecule has 0 radical (unpaired) electrons. The molecule has 1 saturated carbocycles. The fraction of sp³-hybridized carbons (Fsp3) is 0.657. The molecule has 1 amide bonds. The molecule has 2 saturated heterocycles. The highest BCUT2D eigenvalue weighted by Crippen LogP contribution is 2.39. The minimum absolute atomic E-state index is 0.121. The van der Waals surface area contributed by atoms with Crippen LogP contribution in [0.25, 0.3) is 0 Å². The third kappa shape index (κ3) is 8.92. The summed E-state index contributed by atoms with van der Waals surface area (Å²) in [7, 11) is 0. The number of hydrogen-bond acceptors (Lipinski definition) is 7. The summed E-state index contributed by atoms with van der Waals surface area (Å²) in [5.41, 5.74) is -2.18. The van der Waals surface area contributed by atoms with E-state index in [0.717, 1.165) is 50.2 Å². The lowest BCUT2D eigenvalue weighted by Crippen LogP contribution is -2.57. The first-order valence-electron chi connectivity index (χ1n) is 17.5. The Hall–Kier alpha value is -3.78. The summed E-state index contributed by atoms with van der Waals surface area (Å²) < 4.78 is 88.8. The van der Waals surface area contributed by atoms with Gasteiger partial charge in [0, 0.05) is 37.8 Å². The number of carbonyl (C=O) groups excluding carboxylic acids is 1. The summed E-state index contributed by atoms with van der Waals surface area (Å²) in [6.45, 7) is 5.18. The lowest BCUT2D eigenvalue weighted by Gasteiger charge is -2.47. The molecule has 1 aromatic heterocycles. The zero-order chi connectivity index (χ0) is 36.2. The number of anilines is 2. The van der Waals surface area contributed by atoms with Crippen molar-refractivity contribution >= 4 is 23.7 Å². The molecule has 276 valence electrons. The molecule has 15 heteroatoms. The van der Waals surface area contributed by atoms with Crippen molar-refractivity contribution in [2.45, 2.75) is 128 Å². The van der Waals surface area contributed by atoms with Gasteiger partial charge in [-0.05, 0) is 94.4 Å². The molecule has 3 fully saturated rings. The van der Waals surface area contributed by atoms with Crippen LogP contribution in [0.3, 0.4) is 0 Å². The number of rotatable bonds is 9. The maximum atomic E-state index is 13.8. The standard InChI is InChI=1S/C35H45F6N5O4/c1-3-26-17-28(18-27(4-2)46(26)33(49)50-30-10-8-23(9-11-30)31(47)48)45(32-42-19-29(20-43-32)44-12-6-5-7-13-44)21-22-14-24(34(36,37)38)16-25(15-22)35(39,40)41/h14-16,19-20,23,26-28,30H,3-13,17-18,21H2,1-2H3,(H,47,48)/t23?,26-,27+,28?,30?. The monoisotopic (exact) mass is 713 g/mol. The van der Waals surface area contributed by atoms with Gasteiger partial charge in [-0.1, -0.05) is 13.8 Å². The van der Waals surface area contributed by atoms with Gasteiger partial charge in [0.1, 0.15) is 6.10 Å². The molecule has 5 rings (SSSR count). The van der Waals surface area contributed by atoms with Crippen molar-refractivity contribution in [2.75, 3.05) is 22.9 Å². The van der Waals surface area contributed by atoms with E-state index in [1.54, 1.807) is 22.2 Å². The van der Waals surface area contributed by atoms with E-state index in [4.69, 9.17) is 4.74 Å². The quantitative estimate of drug-likeness (QED) is 0.259. The van der Waals surface area contributed by atoms with Gasteiger partial charge >= 0.3 is 24.4 Å². The number of amides is 1. The highest BCUT2D eigenvalue weighted by Gasteiger charge is 2.42. The number of halogens is 6. The number of aliphatic carboxylic acids is 1. The minimum atomic E-state index is -4.99. The Labute approximate surface area is 288 Å². The van der Waals surface area contributed by atoms with Crippen molar-refractivity contribution < 1.29 is 45.8 Å². The predicted octanol–water partition coefficient (Wildman–Crippen LogP) is 8.31. The predicted molar refractivity (Wildman–Crippen MR) is 174 cm³/mol. The van der Waals surface area contributed by atoms with Gasteiger partial charge in [-0.3, -0.25) is 4.79 Å². The van der Waals surface area contributed by atoms with Gasteiger partial charge in [-0.2, -0.15) is 26.3 Å². The highest BCUT2D eigenvalue weighted by atomic mass is 19.4. The maximum absolute atomic E-state index is 13.8. The number of benzene rings is 1. The number of piperidine rings is 2. The van der Waals surface area contributed by atoms with Crippen LogP contribution in [0.5, 0.6) is 0 Å². The molecule has 1 aromatic carbocycles. The number of carboxylic acid groups (broad SMARTS) is 1. The summed E-state index contributed by atoms with van der Waals surface area (Å²) in [6.07, 6.45) is -0.940. The van der Waals surface area contributed by atoms with Crippen LogP contribution in [0, 0.1) is 5.92 Å². The van der Waals surface area contributed by atoms with Crippen molar-refractivity contribution in [2.24, 2.45) is 5.92 Å². The lowest BCUT2D eigenvalue weighted by molar-refractivity contribution is -0.144. The third-order valence-corrected chi connectivity index (χ3v) is 10.4. The zero-order valence-corrected chi connectivity index (χ0v) is 28.3. The molecule has 2 aromatic rings. The fourth-order valence-electron chi connectivity index (χ4n) is 7.61. The summed E-state index contributed by atoms with van der Waals surface area (Å²) in [6, 6.07) is 0.489. The first-order chi connectivity index (χ1) is 23.7. The molecule has 0 bridgehead atoms. The molecular formula is C35H45F6N5O4. The molecule has 9 nitrogen and oxygen atoms in total. The summed E-state index contributed by atoms with van der Waals surface area (Å²) in [5.74, 6) is -1.14. The molecule has 0 spiro atoms. The second kappa shape index (κ2) is 15.6. The van der Waals surface area contributed by atoms with Crippen LogP contribution in [0.2, 0.25) is 0 Å². The Bertz CT molecular complexity index is 1410. The van der Waals surface area contributed by atoms with Gasteiger partial charge in [0.2, 0.25) is 5.95 Å². The van der Waals surface area contributed by atoms with Crippen molar-refractivity contribution in [1.29, 1.82) is 0 Å². The molecule has 1 aliphatic carbocycles. The largest absolute Gasteiger partial charge is 0.481 e. The fourth-order valence-corrected chi connectivity index (χ4v) is 7.61. The second-order valence-electron chi connectivity index (χ2n) is 13.7. The number of alkyl halides is 6. The Morgan fingerprint density at radius 1 is 0.860 bits per heavy atom. The molecule has 3 atom stereocenters. The molecule has 50 heavy (non-hydrogen) atoms. The van der Waals surface area contributed by atoms with Crippen LogP contribution in [-0.2, 0) is 28.4 Å². The second-order valence-corrected chi connectivity index (χ2v) is 13.7. The van der Waals surface area contributed by atoms with Gasteiger partial charge in [0.15, 0.2) is 0 Å². The van der Waals surface area contributed by atoms with Gasteiger partial charge < -0.3 is 24.5 Å². The van der Waals surface area contributed by atoms with E-state index in [0.29, 0.717) is 51.4 Å². The Kier molecular flexibility index (Phi) is 11.7. The highest BCUT2D eigenvalue weighted by molar-refractivity contribution is 5.70. The van der Waals surface area contributed by atoms with Crippen LogP contribution >= 0.6 is 0 Å². The Morgan fingerprint density at radius 2 is 1.40 bits per heavy atom. The minimum Gasteiger partial charge on any atom is -0.481 e. The van der Waals surface area contributed by atoms with Crippen LogP contribution in [0.15, 0.2) is 30.6 Å². The first kappa shape index (κ1) is 37.5.